The first-order chi connectivity index (χ1) is 14.3. The van der Waals surface area contributed by atoms with E-state index in [-0.39, 0.29) is 16.9 Å². The van der Waals surface area contributed by atoms with Crippen LogP contribution < -0.4 is 5.32 Å². The molecule has 0 radical (unpaired) electrons. The summed E-state index contributed by atoms with van der Waals surface area (Å²) in [5.74, 6) is -1.29. The smallest absolute Gasteiger partial charge is 0.335 e. The van der Waals surface area contributed by atoms with E-state index in [0.29, 0.717) is 11.3 Å². The lowest BCUT2D eigenvalue weighted by molar-refractivity contribution is 0.0696. The largest absolute Gasteiger partial charge is 0.478 e. The molecule has 30 heavy (non-hydrogen) atoms. The first-order valence-electron chi connectivity index (χ1n) is 9.90. The molecule has 0 fully saturated rings. The van der Waals surface area contributed by atoms with Crippen LogP contribution in [0.5, 0.6) is 0 Å². The van der Waals surface area contributed by atoms with Gasteiger partial charge in [0.1, 0.15) is 0 Å². The fourth-order valence-corrected chi connectivity index (χ4v) is 3.87. The van der Waals surface area contributed by atoms with Crippen LogP contribution in [0.2, 0.25) is 0 Å². The zero-order chi connectivity index (χ0) is 21.3. The number of carboxylic acids is 1. The second-order valence-corrected chi connectivity index (χ2v) is 8.17. The number of allylic oxidation sites excluding steroid dienone is 1. The Balaban J connectivity index is 1.66. The number of hydrogen-bond donors (Lipinski definition) is 2. The molecule has 1 amide bonds. The molecule has 4 rings (SSSR count). The molecule has 0 aliphatic heterocycles. The van der Waals surface area contributed by atoms with Crippen molar-refractivity contribution in [1.82, 2.24) is 0 Å². The number of fused-ring (bicyclic) bond motifs is 1. The molecule has 0 heterocycles. The average molecular weight is 397 g/mol. The highest BCUT2D eigenvalue weighted by Gasteiger charge is 2.28. The van der Waals surface area contributed by atoms with Gasteiger partial charge in [0, 0.05) is 11.3 Å². The van der Waals surface area contributed by atoms with E-state index in [4.69, 9.17) is 5.11 Å². The molecule has 2 N–H and O–H groups in total. The number of anilines is 1. The minimum Gasteiger partial charge on any atom is -0.478 e. The zero-order valence-corrected chi connectivity index (χ0v) is 17.0. The Bertz CT molecular complexity index is 1140. The normalized spacial score (nSPS) is 14.4. The Morgan fingerprint density at radius 2 is 1.57 bits per heavy atom. The van der Waals surface area contributed by atoms with Crippen molar-refractivity contribution < 1.29 is 14.7 Å². The number of benzene rings is 3. The molecule has 150 valence electrons. The zero-order valence-electron chi connectivity index (χ0n) is 17.0. The fourth-order valence-electron chi connectivity index (χ4n) is 3.87. The molecular weight excluding hydrogens is 374 g/mol. The van der Waals surface area contributed by atoms with E-state index in [1.165, 1.54) is 35.4 Å². The van der Waals surface area contributed by atoms with Gasteiger partial charge in [0.05, 0.1) is 5.56 Å². The summed E-state index contributed by atoms with van der Waals surface area (Å²) in [6.07, 6.45) is 3.22. The van der Waals surface area contributed by atoms with Crippen LogP contribution in [0.1, 0.15) is 57.7 Å². The van der Waals surface area contributed by atoms with E-state index in [1.807, 2.05) is 30.3 Å². The minimum atomic E-state index is -1.01. The average Bonchev–Trinajstić information content (AvgIpc) is 2.74. The summed E-state index contributed by atoms with van der Waals surface area (Å²) >= 11 is 0. The minimum absolute atomic E-state index is 0.0167. The van der Waals surface area contributed by atoms with Crippen molar-refractivity contribution in [2.45, 2.75) is 25.7 Å². The van der Waals surface area contributed by atoms with Crippen molar-refractivity contribution in [3.05, 3.63) is 107 Å². The molecule has 1 aliphatic rings. The van der Waals surface area contributed by atoms with E-state index in [9.17, 15) is 9.59 Å². The van der Waals surface area contributed by atoms with E-state index in [0.717, 1.165) is 17.5 Å². The van der Waals surface area contributed by atoms with Gasteiger partial charge in [-0.3, -0.25) is 4.79 Å². The Hall–Kier alpha value is -3.66. The SMILES string of the molecule is CC1(C)CC=C(c2ccccc2)c2cc(NC(=O)c3ccc(C(=O)O)cc3)ccc21. The number of carbonyl (C=O) groups excluding carboxylic acids is 1. The van der Waals surface area contributed by atoms with Crippen molar-refractivity contribution in [1.29, 1.82) is 0 Å². The van der Waals surface area contributed by atoms with E-state index < -0.39 is 5.97 Å². The van der Waals surface area contributed by atoms with Crippen LogP contribution in [0.15, 0.2) is 78.9 Å². The predicted molar refractivity (Wildman–Crippen MR) is 119 cm³/mol. The molecular formula is C26H23NO3. The summed E-state index contributed by atoms with van der Waals surface area (Å²) in [7, 11) is 0. The van der Waals surface area contributed by atoms with Gasteiger partial charge in [-0.15, -0.1) is 0 Å². The lowest BCUT2D eigenvalue weighted by Gasteiger charge is -2.32. The molecule has 1 aliphatic carbocycles. The number of rotatable bonds is 4. The van der Waals surface area contributed by atoms with E-state index >= 15 is 0 Å². The van der Waals surface area contributed by atoms with Gasteiger partial charge >= 0.3 is 5.97 Å². The number of nitrogens with one attached hydrogen (secondary N) is 1. The maximum atomic E-state index is 12.7. The van der Waals surface area contributed by atoms with Crippen LogP contribution in [0.3, 0.4) is 0 Å². The molecule has 0 aromatic heterocycles. The van der Waals surface area contributed by atoms with Crippen LogP contribution in [0, 0.1) is 0 Å². The molecule has 4 heteroatoms. The summed E-state index contributed by atoms with van der Waals surface area (Å²) in [5, 5.41) is 12.0. The molecule has 0 spiro atoms. The first-order valence-corrected chi connectivity index (χ1v) is 9.90. The number of carbonyl (C=O) groups is 2. The third kappa shape index (κ3) is 3.77. The summed E-state index contributed by atoms with van der Waals surface area (Å²) in [6.45, 7) is 4.46. The van der Waals surface area contributed by atoms with Gasteiger partial charge in [-0.25, -0.2) is 4.79 Å². The quantitative estimate of drug-likeness (QED) is 0.589. The summed E-state index contributed by atoms with van der Waals surface area (Å²) in [6, 6.07) is 22.2. The lowest BCUT2D eigenvalue weighted by Crippen LogP contribution is -2.22. The monoisotopic (exact) mass is 397 g/mol. The fraction of sp³-hybridized carbons (Fsp3) is 0.154. The molecule has 0 bridgehead atoms. The van der Waals surface area contributed by atoms with Gasteiger partial charge < -0.3 is 10.4 Å². The molecule has 4 nitrogen and oxygen atoms in total. The van der Waals surface area contributed by atoms with E-state index in [2.05, 4.69) is 43.4 Å². The van der Waals surface area contributed by atoms with Gasteiger partial charge in [0.25, 0.3) is 5.91 Å². The molecule has 0 saturated heterocycles. The molecule has 0 atom stereocenters. The van der Waals surface area contributed by atoms with Gasteiger partial charge in [-0.05, 0) is 70.5 Å². The molecule has 0 saturated carbocycles. The van der Waals surface area contributed by atoms with Crippen LogP contribution in [0.4, 0.5) is 5.69 Å². The highest BCUT2D eigenvalue weighted by molar-refractivity contribution is 6.05. The highest BCUT2D eigenvalue weighted by atomic mass is 16.4. The van der Waals surface area contributed by atoms with E-state index in [1.54, 1.807) is 0 Å². The second-order valence-electron chi connectivity index (χ2n) is 8.17. The molecule has 3 aromatic rings. The van der Waals surface area contributed by atoms with Crippen molar-refractivity contribution in [2.24, 2.45) is 0 Å². The van der Waals surface area contributed by atoms with Gasteiger partial charge in [0.2, 0.25) is 0 Å². The summed E-state index contributed by atoms with van der Waals surface area (Å²) in [5.41, 5.74) is 6.00. The van der Waals surface area contributed by atoms with Crippen LogP contribution >= 0.6 is 0 Å². The van der Waals surface area contributed by atoms with Crippen molar-refractivity contribution in [3.8, 4) is 0 Å². The summed E-state index contributed by atoms with van der Waals surface area (Å²) in [4.78, 5) is 23.7. The molecule has 0 unspecified atom stereocenters. The van der Waals surface area contributed by atoms with Gasteiger partial charge in [-0.1, -0.05) is 56.3 Å². The highest BCUT2D eigenvalue weighted by Crippen LogP contribution is 2.42. The number of carboxylic acid groups (broad SMARTS) is 1. The Labute approximate surface area is 175 Å². The number of amides is 1. The second kappa shape index (κ2) is 7.64. The Kier molecular flexibility index (Phi) is 5.00. The number of aromatic carboxylic acids is 1. The maximum absolute atomic E-state index is 12.7. The standard InChI is InChI=1S/C26H23NO3/c1-26(2)15-14-21(17-6-4-3-5-7-17)22-16-20(12-13-23(22)26)27-24(28)18-8-10-19(11-9-18)25(29)30/h3-14,16H,15H2,1-2H3,(H,27,28)(H,29,30). The third-order valence-electron chi connectivity index (χ3n) is 5.59. The van der Waals surface area contributed by atoms with Crippen LogP contribution in [-0.2, 0) is 5.41 Å². The van der Waals surface area contributed by atoms with Gasteiger partial charge in [0.15, 0.2) is 0 Å². The summed E-state index contributed by atoms with van der Waals surface area (Å²) < 4.78 is 0. The Morgan fingerprint density at radius 1 is 0.900 bits per heavy atom. The van der Waals surface area contributed by atoms with Crippen molar-refractivity contribution in [3.63, 3.8) is 0 Å². The Morgan fingerprint density at radius 3 is 2.23 bits per heavy atom. The number of hydrogen-bond acceptors (Lipinski definition) is 2. The lowest BCUT2D eigenvalue weighted by atomic mass is 9.72. The van der Waals surface area contributed by atoms with Crippen molar-refractivity contribution in [2.75, 3.05) is 5.32 Å². The third-order valence-corrected chi connectivity index (χ3v) is 5.59. The topological polar surface area (TPSA) is 66.4 Å². The van der Waals surface area contributed by atoms with Crippen molar-refractivity contribution >= 4 is 23.1 Å². The first kappa shape index (κ1) is 19.6. The predicted octanol–water partition coefficient (Wildman–Crippen LogP) is 5.75. The molecule has 3 aromatic carbocycles. The van der Waals surface area contributed by atoms with Gasteiger partial charge in [-0.2, -0.15) is 0 Å². The van der Waals surface area contributed by atoms with Crippen LogP contribution in [0.25, 0.3) is 5.57 Å². The van der Waals surface area contributed by atoms with Crippen LogP contribution in [-0.4, -0.2) is 17.0 Å². The maximum Gasteiger partial charge on any atom is 0.335 e.